The number of rotatable bonds is 2. The Balaban J connectivity index is 2.77. The highest BCUT2D eigenvalue weighted by Gasteiger charge is 2.02. The van der Waals surface area contributed by atoms with Gasteiger partial charge in [0.2, 0.25) is 5.91 Å². The van der Waals surface area contributed by atoms with E-state index in [0.29, 0.717) is 0 Å². The Morgan fingerprint density at radius 3 is 2.43 bits per heavy atom. The summed E-state index contributed by atoms with van der Waals surface area (Å²) >= 11 is 4.36. The van der Waals surface area contributed by atoms with Crippen LogP contribution in [0.25, 0.3) is 0 Å². The van der Waals surface area contributed by atoms with Crippen LogP contribution in [0.1, 0.15) is 6.42 Å². The third kappa shape index (κ3) is 3.79. The maximum Gasteiger partial charge on any atom is 0.238 e. The largest absolute Gasteiger partial charge is 0.325 e. The smallest absolute Gasteiger partial charge is 0.238 e. The van der Waals surface area contributed by atoms with Gasteiger partial charge in [0.1, 0.15) is 6.42 Å². The average Bonchev–Trinajstić information content (AvgIpc) is 2.01. The number of anilines is 1. The number of nitrogens with zero attached hydrogens (tertiary/aromatic N) is 1. The van der Waals surface area contributed by atoms with E-state index in [0.717, 1.165) is 12.8 Å². The molecule has 1 aromatic carbocycles. The fourth-order valence-corrected chi connectivity index (χ4v) is 2.84. The molecule has 0 unspecified atom stereocenters. The zero-order valence-electron chi connectivity index (χ0n) is 7.05. The number of hydrogen-bond donors (Lipinski definition) is 1. The van der Waals surface area contributed by atoms with E-state index < -0.39 is 0 Å². The summed E-state index contributed by atoms with van der Waals surface area (Å²) in [7, 11) is 0. The minimum atomic E-state index is -0.273. The number of amides is 1. The number of carbonyl (C=O) groups is 1. The third-order valence-electron chi connectivity index (χ3n) is 1.39. The topological polar surface area (TPSA) is 52.9 Å². The average molecular weight is 412 g/mol. The van der Waals surface area contributed by atoms with Gasteiger partial charge >= 0.3 is 0 Å². The first-order valence-corrected chi connectivity index (χ1v) is 5.90. The summed E-state index contributed by atoms with van der Waals surface area (Å²) in [6.45, 7) is 0. The van der Waals surface area contributed by atoms with Gasteiger partial charge in [-0.2, -0.15) is 5.26 Å². The highest BCUT2D eigenvalue weighted by atomic mass is 127. The predicted octanol–water partition coefficient (Wildman–Crippen LogP) is 2.75. The molecule has 0 bridgehead atoms. The van der Waals surface area contributed by atoms with Crippen LogP contribution in [0.2, 0.25) is 0 Å². The maximum atomic E-state index is 11.1. The van der Waals surface area contributed by atoms with Crippen LogP contribution in [0.4, 0.5) is 5.69 Å². The summed E-state index contributed by atoms with van der Waals surface area (Å²) in [5, 5.41) is 11.0. The molecule has 1 N–H and O–H groups in total. The normalized spacial score (nSPS) is 9.21. The van der Waals surface area contributed by atoms with Crippen LogP contribution in [0.3, 0.4) is 0 Å². The molecule has 0 aromatic heterocycles. The molecular weight excluding hydrogens is 406 g/mol. The van der Waals surface area contributed by atoms with E-state index in [1.54, 1.807) is 6.07 Å². The summed E-state index contributed by atoms with van der Waals surface area (Å²) in [5.74, 6) is -0.273. The van der Waals surface area contributed by atoms with Gasteiger partial charge in [0.05, 0.1) is 6.07 Å². The second kappa shape index (κ2) is 5.50. The molecule has 0 aliphatic heterocycles. The van der Waals surface area contributed by atoms with Crippen molar-refractivity contribution in [2.45, 2.75) is 6.42 Å². The van der Waals surface area contributed by atoms with Gasteiger partial charge in [0.15, 0.2) is 0 Å². The van der Waals surface area contributed by atoms with Crippen LogP contribution in [0, 0.1) is 18.5 Å². The molecule has 0 fully saturated rings. The molecule has 14 heavy (non-hydrogen) atoms. The van der Waals surface area contributed by atoms with Crippen LogP contribution in [0.15, 0.2) is 18.2 Å². The molecule has 72 valence electrons. The first-order chi connectivity index (χ1) is 6.61. The number of halogens is 2. The lowest BCUT2D eigenvalue weighted by atomic mass is 10.3. The molecule has 0 spiro atoms. The molecule has 0 aliphatic carbocycles. The molecule has 3 nitrogen and oxygen atoms in total. The van der Waals surface area contributed by atoms with Crippen molar-refractivity contribution in [3.05, 3.63) is 25.3 Å². The van der Waals surface area contributed by atoms with Gasteiger partial charge in [0.25, 0.3) is 0 Å². The quantitative estimate of drug-likeness (QED) is 0.761. The SMILES string of the molecule is N#CCC(=O)Nc1cc(I)cc(I)c1. The fraction of sp³-hybridized carbons (Fsp3) is 0.111. The lowest BCUT2D eigenvalue weighted by Crippen LogP contribution is -2.10. The van der Waals surface area contributed by atoms with Crippen molar-refractivity contribution >= 4 is 56.8 Å². The number of benzene rings is 1. The molecule has 1 amide bonds. The van der Waals surface area contributed by atoms with Crippen LogP contribution >= 0.6 is 45.2 Å². The summed E-state index contributed by atoms with van der Waals surface area (Å²) in [6, 6.07) is 7.52. The summed E-state index contributed by atoms with van der Waals surface area (Å²) in [6.07, 6.45) is -0.109. The number of nitriles is 1. The fourth-order valence-electron chi connectivity index (χ4n) is 0.903. The van der Waals surface area contributed by atoms with E-state index in [9.17, 15) is 4.79 Å². The lowest BCUT2D eigenvalue weighted by molar-refractivity contribution is -0.115. The maximum absolute atomic E-state index is 11.1. The van der Waals surface area contributed by atoms with Crippen LogP contribution in [-0.4, -0.2) is 5.91 Å². The molecule has 0 aliphatic rings. The van der Waals surface area contributed by atoms with E-state index in [1.165, 1.54) is 0 Å². The highest BCUT2D eigenvalue weighted by Crippen LogP contribution is 2.18. The van der Waals surface area contributed by atoms with Gasteiger partial charge in [0, 0.05) is 12.8 Å². The lowest BCUT2D eigenvalue weighted by Gasteiger charge is -2.03. The molecule has 1 aromatic rings. The van der Waals surface area contributed by atoms with E-state index in [2.05, 4.69) is 50.5 Å². The number of nitrogens with one attached hydrogen (secondary N) is 1. The van der Waals surface area contributed by atoms with E-state index >= 15 is 0 Å². The van der Waals surface area contributed by atoms with Crippen molar-refractivity contribution in [3.63, 3.8) is 0 Å². The van der Waals surface area contributed by atoms with Crippen molar-refractivity contribution in [1.82, 2.24) is 0 Å². The standard InChI is InChI=1S/C9H6I2N2O/c10-6-3-7(11)5-8(4-6)13-9(14)1-2-12/h3-5H,1H2,(H,13,14). The van der Waals surface area contributed by atoms with Gasteiger partial charge in [-0.3, -0.25) is 4.79 Å². The highest BCUT2D eigenvalue weighted by molar-refractivity contribution is 14.1. The van der Waals surface area contributed by atoms with Crippen LogP contribution in [0.5, 0.6) is 0 Å². The minimum Gasteiger partial charge on any atom is -0.325 e. The van der Waals surface area contributed by atoms with Crippen molar-refractivity contribution in [3.8, 4) is 6.07 Å². The zero-order valence-corrected chi connectivity index (χ0v) is 11.4. The van der Waals surface area contributed by atoms with Crippen LogP contribution < -0.4 is 5.32 Å². The van der Waals surface area contributed by atoms with Crippen molar-refractivity contribution in [2.75, 3.05) is 5.32 Å². The Kier molecular flexibility index (Phi) is 4.60. The van der Waals surface area contributed by atoms with Crippen molar-refractivity contribution in [2.24, 2.45) is 0 Å². The monoisotopic (exact) mass is 412 g/mol. The third-order valence-corrected chi connectivity index (χ3v) is 2.63. The van der Waals surface area contributed by atoms with Gasteiger partial charge < -0.3 is 5.32 Å². The van der Waals surface area contributed by atoms with Crippen molar-refractivity contribution in [1.29, 1.82) is 5.26 Å². The molecule has 0 atom stereocenters. The number of hydrogen-bond acceptors (Lipinski definition) is 2. The van der Waals surface area contributed by atoms with Gasteiger partial charge in [-0.1, -0.05) is 0 Å². The molecule has 0 heterocycles. The zero-order chi connectivity index (χ0) is 10.6. The minimum absolute atomic E-state index is 0.109. The predicted molar refractivity (Wildman–Crippen MR) is 70.7 cm³/mol. The van der Waals surface area contributed by atoms with E-state index in [1.807, 2.05) is 18.2 Å². The van der Waals surface area contributed by atoms with Crippen LogP contribution in [-0.2, 0) is 4.79 Å². The molecule has 0 saturated heterocycles. The van der Waals surface area contributed by atoms with Crippen molar-refractivity contribution < 1.29 is 4.79 Å². The van der Waals surface area contributed by atoms with Gasteiger partial charge in [-0.15, -0.1) is 0 Å². The first-order valence-electron chi connectivity index (χ1n) is 3.74. The molecule has 0 saturated carbocycles. The van der Waals surface area contributed by atoms with Gasteiger partial charge in [-0.05, 0) is 63.4 Å². The second-order valence-corrected chi connectivity index (χ2v) is 5.03. The Morgan fingerprint density at radius 1 is 1.36 bits per heavy atom. The Hall–Kier alpha value is -0.360. The molecule has 5 heteroatoms. The molecule has 0 radical (unpaired) electrons. The summed E-state index contributed by atoms with van der Waals surface area (Å²) < 4.78 is 2.11. The van der Waals surface area contributed by atoms with Gasteiger partial charge in [-0.25, -0.2) is 0 Å². The first kappa shape index (κ1) is 11.7. The molecular formula is C9H6I2N2O. The Bertz CT molecular complexity index is 378. The number of carbonyl (C=O) groups excluding carboxylic acids is 1. The molecule has 1 rings (SSSR count). The summed E-state index contributed by atoms with van der Waals surface area (Å²) in [4.78, 5) is 11.1. The Morgan fingerprint density at radius 2 is 1.93 bits per heavy atom. The summed E-state index contributed by atoms with van der Waals surface area (Å²) in [5.41, 5.74) is 0.738. The Labute approximate surface area is 109 Å². The van der Waals surface area contributed by atoms with E-state index in [-0.39, 0.29) is 12.3 Å². The second-order valence-electron chi connectivity index (χ2n) is 2.54. The van der Waals surface area contributed by atoms with E-state index in [4.69, 9.17) is 5.26 Å².